The molecule has 138 valence electrons. The van der Waals surface area contributed by atoms with Crippen LogP contribution in [0.1, 0.15) is 29.5 Å². The van der Waals surface area contributed by atoms with Gasteiger partial charge in [-0.05, 0) is 61.7 Å². The maximum absolute atomic E-state index is 12.0. The summed E-state index contributed by atoms with van der Waals surface area (Å²) in [5, 5.41) is 0. The van der Waals surface area contributed by atoms with Crippen molar-refractivity contribution >= 4 is 5.91 Å². The summed E-state index contributed by atoms with van der Waals surface area (Å²) in [6.45, 7) is 5.69. The van der Waals surface area contributed by atoms with Gasteiger partial charge in [-0.1, -0.05) is 12.1 Å². The third kappa shape index (κ3) is 5.05. The van der Waals surface area contributed by atoms with Crippen molar-refractivity contribution in [3.05, 3.63) is 59.4 Å². The van der Waals surface area contributed by atoms with E-state index in [2.05, 4.69) is 42.1 Å². The monoisotopic (exact) mass is 353 g/mol. The number of hydrogen-bond donors (Lipinski definition) is 0. The van der Waals surface area contributed by atoms with Gasteiger partial charge in [0.05, 0.1) is 0 Å². The molecule has 0 atom stereocenters. The van der Waals surface area contributed by atoms with Crippen molar-refractivity contribution in [1.29, 1.82) is 0 Å². The zero-order chi connectivity index (χ0) is 18.4. The van der Waals surface area contributed by atoms with Crippen LogP contribution >= 0.6 is 0 Å². The van der Waals surface area contributed by atoms with Gasteiger partial charge in [0.2, 0.25) is 0 Å². The van der Waals surface area contributed by atoms with Crippen molar-refractivity contribution in [2.45, 2.75) is 32.9 Å². The minimum Gasteiger partial charge on any atom is -0.484 e. The summed E-state index contributed by atoms with van der Waals surface area (Å²) in [5.74, 6) is 0.827. The molecule has 0 bridgehead atoms. The summed E-state index contributed by atoms with van der Waals surface area (Å²) < 4.78 is 5.64. The molecular weight excluding hydrogens is 326 g/mol. The zero-order valence-corrected chi connectivity index (χ0v) is 15.6. The Hall–Kier alpha value is -2.40. The number of amides is 1. The van der Waals surface area contributed by atoms with Crippen molar-refractivity contribution in [2.24, 2.45) is 0 Å². The molecule has 1 aromatic carbocycles. The van der Waals surface area contributed by atoms with Crippen LogP contribution in [-0.2, 0) is 17.9 Å². The van der Waals surface area contributed by atoms with Crippen LogP contribution < -0.4 is 4.74 Å². The highest BCUT2D eigenvalue weighted by atomic mass is 16.5. The molecule has 0 spiro atoms. The fourth-order valence-electron chi connectivity index (χ4n) is 3.23. The molecule has 26 heavy (non-hydrogen) atoms. The summed E-state index contributed by atoms with van der Waals surface area (Å²) in [5.41, 5.74) is 3.73. The molecular formula is C21H27N3O2. The molecule has 0 N–H and O–H groups in total. The smallest absolute Gasteiger partial charge is 0.260 e. The molecule has 5 nitrogen and oxygen atoms in total. The second-order valence-electron chi connectivity index (χ2n) is 6.99. The minimum absolute atomic E-state index is 0.0824. The van der Waals surface area contributed by atoms with Crippen LogP contribution in [0.2, 0.25) is 0 Å². The molecule has 0 radical (unpaired) electrons. The van der Waals surface area contributed by atoms with Crippen molar-refractivity contribution in [1.82, 2.24) is 14.8 Å². The fourth-order valence-corrected chi connectivity index (χ4v) is 3.23. The quantitative estimate of drug-likeness (QED) is 0.768. The van der Waals surface area contributed by atoms with Gasteiger partial charge < -0.3 is 9.64 Å². The number of aryl methyl sites for hydroxylation is 1. The van der Waals surface area contributed by atoms with E-state index in [1.165, 1.54) is 16.7 Å². The van der Waals surface area contributed by atoms with Gasteiger partial charge in [0.1, 0.15) is 5.75 Å². The molecule has 0 aliphatic carbocycles. The number of ether oxygens (including phenoxy) is 1. The van der Waals surface area contributed by atoms with E-state index < -0.39 is 0 Å². The van der Waals surface area contributed by atoms with Gasteiger partial charge in [-0.2, -0.15) is 0 Å². The Morgan fingerprint density at radius 2 is 1.88 bits per heavy atom. The molecule has 2 aromatic rings. The lowest BCUT2D eigenvalue weighted by molar-refractivity contribution is -0.132. The standard InChI is InChI=1S/C21H27N3O2/c1-17-13-22-10-9-19(17)15-23(2)14-18-5-7-20(8-6-18)26-16-21(25)24-11-3-4-12-24/h5-10,13H,3-4,11-12,14-16H2,1-2H3. The molecule has 0 unspecified atom stereocenters. The number of pyridine rings is 1. The van der Waals surface area contributed by atoms with Gasteiger partial charge in [-0.3, -0.25) is 14.7 Å². The van der Waals surface area contributed by atoms with E-state index in [0.717, 1.165) is 44.8 Å². The molecule has 1 aliphatic heterocycles. The molecule has 0 saturated carbocycles. The lowest BCUT2D eigenvalue weighted by Crippen LogP contribution is -2.32. The van der Waals surface area contributed by atoms with Gasteiger partial charge in [0.15, 0.2) is 6.61 Å². The zero-order valence-electron chi connectivity index (χ0n) is 15.6. The number of carbonyl (C=O) groups excluding carboxylic acids is 1. The lowest BCUT2D eigenvalue weighted by Gasteiger charge is -2.18. The largest absolute Gasteiger partial charge is 0.484 e. The highest BCUT2D eigenvalue weighted by Gasteiger charge is 2.18. The predicted octanol–water partition coefficient (Wildman–Crippen LogP) is 3.02. The molecule has 5 heteroatoms. The van der Waals surface area contributed by atoms with E-state index in [0.29, 0.717) is 0 Å². The van der Waals surface area contributed by atoms with Gasteiger partial charge in [0, 0.05) is 38.6 Å². The summed E-state index contributed by atoms with van der Waals surface area (Å²) >= 11 is 0. The van der Waals surface area contributed by atoms with E-state index in [9.17, 15) is 4.79 Å². The normalized spacial score (nSPS) is 14.0. The third-order valence-electron chi connectivity index (χ3n) is 4.77. The molecule has 1 amide bonds. The van der Waals surface area contributed by atoms with Gasteiger partial charge in [0.25, 0.3) is 5.91 Å². The number of benzene rings is 1. The summed E-state index contributed by atoms with van der Waals surface area (Å²) in [6.07, 6.45) is 5.95. The Kier molecular flexibility index (Phi) is 6.23. The van der Waals surface area contributed by atoms with Crippen LogP contribution in [-0.4, -0.2) is 47.4 Å². The topological polar surface area (TPSA) is 45.7 Å². The Morgan fingerprint density at radius 3 is 2.58 bits per heavy atom. The van der Waals surface area contributed by atoms with E-state index in [1.807, 2.05) is 29.4 Å². The van der Waals surface area contributed by atoms with Crippen LogP contribution in [0.5, 0.6) is 5.75 Å². The van der Waals surface area contributed by atoms with Crippen molar-refractivity contribution in [3.8, 4) is 5.75 Å². The van der Waals surface area contributed by atoms with Crippen molar-refractivity contribution in [2.75, 3.05) is 26.7 Å². The molecule has 1 fully saturated rings. The maximum atomic E-state index is 12.0. The average molecular weight is 353 g/mol. The van der Waals surface area contributed by atoms with E-state index >= 15 is 0 Å². The highest BCUT2D eigenvalue weighted by molar-refractivity contribution is 5.78. The minimum atomic E-state index is 0.0824. The van der Waals surface area contributed by atoms with Crippen molar-refractivity contribution < 1.29 is 9.53 Å². The van der Waals surface area contributed by atoms with E-state index in [1.54, 1.807) is 0 Å². The third-order valence-corrected chi connectivity index (χ3v) is 4.77. The van der Waals surface area contributed by atoms with Crippen LogP contribution in [0, 0.1) is 6.92 Å². The van der Waals surface area contributed by atoms with Crippen LogP contribution in [0.15, 0.2) is 42.7 Å². The number of carbonyl (C=O) groups is 1. The molecule has 1 saturated heterocycles. The van der Waals surface area contributed by atoms with Crippen LogP contribution in [0.4, 0.5) is 0 Å². The average Bonchev–Trinajstić information content (AvgIpc) is 3.18. The predicted molar refractivity (Wildman–Crippen MR) is 102 cm³/mol. The summed E-state index contributed by atoms with van der Waals surface area (Å²) in [4.78, 5) is 20.3. The van der Waals surface area contributed by atoms with E-state index in [4.69, 9.17) is 4.74 Å². The first-order chi connectivity index (χ1) is 12.6. The molecule has 2 heterocycles. The molecule has 1 aliphatic rings. The summed E-state index contributed by atoms with van der Waals surface area (Å²) in [7, 11) is 2.11. The first-order valence-electron chi connectivity index (χ1n) is 9.19. The fraction of sp³-hybridized carbons (Fsp3) is 0.429. The van der Waals surface area contributed by atoms with E-state index in [-0.39, 0.29) is 12.5 Å². The number of hydrogen-bond acceptors (Lipinski definition) is 4. The number of nitrogens with zero attached hydrogens (tertiary/aromatic N) is 3. The summed E-state index contributed by atoms with van der Waals surface area (Å²) in [6, 6.07) is 10.1. The highest BCUT2D eigenvalue weighted by Crippen LogP contribution is 2.16. The lowest BCUT2D eigenvalue weighted by atomic mass is 10.1. The van der Waals surface area contributed by atoms with Crippen LogP contribution in [0.3, 0.4) is 0 Å². The van der Waals surface area contributed by atoms with Gasteiger partial charge in [-0.15, -0.1) is 0 Å². The van der Waals surface area contributed by atoms with Crippen LogP contribution in [0.25, 0.3) is 0 Å². The number of aromatic nitrogens is 1. The Morgan fingerprint density at radius 1 is 1.15 bits per heavy atom. The Labute approximate surface area is 155 Å². The Bertz CT molecular complexity index is 724. The number of rotatable bonds is 7. The second-order valence-corrected chi connectivity index (χ2v) is 6.99. The van der Waals surface area contributed by atoms with Crippen molar-refractivity contribution in [3.63, 3.8) is 0 Å². The first-order valence-corrected chi connectivity index (χ1v) is 9.19. The second kappa shape index (κ2) is 8.81. The number of likely N-dealkylation sites (tertiary alicyclic amines) is 1. The molecule has 1 aromatic heterocycles. The first kappa shape index (κ1) is 18.4. The van der Waals surface area contributed by atoms with Gasteiger partial charge in [-0.25, -0.2) is 0 Å². The maximum Gasteiger partial charge on any atom is 0.260 e. The van der Waals surface area contributed by atoms with Gasteiger partial charge >= 0.3 is 0 Å². The Balaban J connectivity index is 1.47. The SMILES string of the molecule is Cc1cnccc1CN(C)Cc1ccc(OCC(=O)N2CCCC2)cc1. The molecule has 3 rings (SSSR count).